The third-order valence-electron chi connectivity index (χ3n) is 4.75. The van der Waals surface area contributed by atoms with Gasteiger partial charge in [0.05, 0.1) is 11.6 Å². The molecule has 4 nitrogen and oxygen atoms in total. The first-order valence-corrected chi connectivity index (χ1v) is 7.77. The van der Waals surface area contributed by atoms with E-state index in [1.807, 2.05) is 32.5 Å². The van der Waals surface area contributed by atoms with Crippen LogP contribution in [0.3, 0.4) is 0 Å². The van der Waals surface area contributed by atoms with E-state index in [1.54, 1.807) is 0 Å². The Labute approximate surface area is 122 Å². The predicted octanol–water partition coefficient (Wildman–Crippen LogP) is 2.93. The lowest BCUT2D eigenvalue weighted by atomic mass is 9.93. The molecule has 0 spiro atoms. The molecule has 0 bridgehead atoms. The lowest BCUT2D eigenvalue weighted by molar-refractivity contribution is -0.136. The van der Waals surface area contributed by atoms with Gasteiger partial charge in [-0.15, -0.1) is 0 Å². The molecular formula is C16H27N3O. The first-order chi connectivity index (χ1) is 9.47. The summed E-state index contributed by atoms with van der Waals surface area (Å²) in [6, 6.07) is 0.427. The molecular weight excluding hydrogens is 250 g/mol. The lowest BCUT2D eigenvalue weighted by Gasteiger charge is -2.37. The van der Waals surface area contributed by atoms with Crippen LogP contribution in [0.25, 0.3) is 0 Å². The van der Waals surface area contributed by atoms with Crippen LogP contribution in [0.5, 0.6) is 0 Å². The van der Waals surface area contributed by atoms with E-state index in [1.165, 1.54) is 6.42 Å². The molecule has 112 valence electrons. The highest BCUT2D eigenvalue weighted by Gasteiger charge is 2.31. The second-order valence-corrected chi connectivity index (χ2v) is 6.02. The number of hydrogen-bond acceptors (Lipinski definition) is 2. The number of hydrogen-bond donors (Lipinski definition) is 0. The van der Waals surface area contributed by atoms with Gasteiger partial charge in [0.15, 0.2) is 0 Å². The summed E-state index contributed by atoms with van der Waals surface area (Å²) in [6.07, 6.45) is 4.60. The number of amides is 1. The molecule has 0 radical (unpaired) electrons. The van der Waals surface area contributed by atoms with Gasteiger partial charge in [-0.05, 0) is 46.5 Å². The molecule has 4 heteroatoms. The average Bonchev–Trinajstić information content (AvgIpc) is 2.70. The number of aromatic nitrogens is 2. The molecule has 20 heavy (non-hydrogen) atoms. The summed E-state index contributed by atoms with van der Waals surface area (Å²) >= 11 is 0. The van der Waals surface area contributed by atoms with Gasteiger partial charge in [-0.3, -0.25) is 9.48 Å². The van der Waals surface area contributed by atoms with Crippen LogP contribution in [0.2, 0.25) is 0 Å². The first kappa shape index (κ1) is 15.1. The Morgan fingerprint density at radius 2 is 2.10 bits per heavy atom. The molecule has 1 aromatic heterocycles. The number of piperidine rings is 1. The molecule has 0 aromatic carbocycles. The van der Waals surface area contributed by atoms with Gasteiger partial charge in [-0.25, -0.2) is 0 Å². The smallest absolute Gasteiger partial charge is 0.230 e. The Morgan fingerprint density at radius 1 is 1.40 bits per heavy atom. The second-order valence-electron chi connectivity index (χ2n) is 6.02. The van der Waals surface area contributed by atoms with E-state index in [-0.39, 0.29) is 11.8 Å². The van der Waals surface area contributed by atoms with Gasteiger partial charge < -0.3 is 4.90 Å². The zero-order valence-electron chi connectivity index (χ0n) is 13.4. The number of likely N-dealkylation sites (tertiary alicyclic amines) is 1. The average molecular weight is 277 g/mol. The van der Waals surface area contributed by atoms with E-state index >= 15 is 0 Å². The quantitative estimate of drug-likeness (QED) is 0.852. The zero-order valence-corrected chi connectivity index (χ0v) is 13.4. The van der Waals surface area contributed by atoms with Crippen molar-refractivity contribution in [1.29, 1.82) is 0 Å². The van der Waals surface area contributed by atoms with Gasteiger partial charge in [0, 0.05) is 30.9 Å². The van der Waals surface area contributed by atoms with Crippen molar-refractivity contribution in [1.82, 2.24) is 14.7 Å². The van der Waals surface area contributed by atoms with Crippen LogP contribution in [0.4, 0.5) is 0 Å². The summed E-state index contributed by atoms with van der Waals surface area (Å²) < 4.78 is 1.88. The van der Waals surface area contributed by atoms with Crippen LogP contribution < -0.4 is 0 Å². The van der Waals surface area contributed by atoms with Crippen molar-refractivity contribution in [2.24, 2.45) is 7.05 Å². The highest BCUT2D eigenvalue weighted by Crippen LogP contribution is 2.28. The van der Waals surface area contributed by atoms with E-state index in [0.717, 1.165) is 42.8 Å². The highest BCUT2D eigenvalue weighted by atomic mass is 16.2. The monoisotopic (exact) mass is 277 g/mol. The summed E-state index contributed by atoms with van der Waals surface area (Å²) in [7, 11) is 1.94. The van der Waals surface area contributed by atoms with Crippen LogP contribution in [0, 0.1) is 13.8 Å². The van der Waals surface area contributed by atoms with E-state index in [9.17, 15) is 4.79 Å². The normalized spacial score (nSPS) is 21.1. The van der Waals surface area contributed by atoms with Gasteiger partial charge >= 0.3 is 0 Å². The van der Waals surface area contributed by atoms with Crippen molar-refractivity contribution in [2.75, 3.05) is 6.54 Å². The van der Waals surface area contributed by atoms with E-state index in [2.05, 4.69) is 16.9 Å². The Bertz CT molecular complexity index is 492. The molecule has 0 unspecified atom stereocenters. The molecule has 1 aliphatic heterocycles. The fourth-order valence-electron chi connectivity index (χ4n) is 3.50. The molecule has 1 saturated heterocycles. The van der Waals surface area contributed by atoms with E-state index in [4.69, 9.17) is 0 Å². The molecule has 1 fully saturated rings. The minimum atomic E-state index is -0.0872. The van der Waals surface area contributed by atoms with Crippen LogP contribution in [0.15, 0.2) is 0 Å². The molecule has 1 amide bonds. The molecule has 1 aromatic rings. The summed E-state index contributed by atoms with van der Waals surface area (Å²) in [4.78, 5) is 15.0. The third-order valence-corrected chi connectivity index (χ3v) is 4.75. The molecule has 2 atom stereocenters. The van der Waals surface area contributed by atoms with Crippen molar-refractivity contribution in [2.45, 2.75) is 65.3 Å². The van der Waals surface area contributed by atoms with Crippen LogP contribution in [-0.2, 0) is 11.8 Å². The van der Waals surface area contributed by atoms with Crippen LogP contribution >= 0.6 is 0 Å². The van der Waals surface area contributed by atoms with Gasteiger partial charge in [0.1, 0.15) is 0 Å². The number of aryl methyl sites for hydroxylation is 2. The fourth-order valence-corrected chi connectivity index (χ4v) is 3.50. The van der Waals surface area contributed by atoms with Crippen LogP contribution in [-0.4, -0.2) is 33.2 Å². The number of carbonyl (C=O) groups excluding carboxylic acids is 1. The Balaban J connectivity index is 2.23. The molecule has 2 rings (SSSR count). The zero-order chi connectivity index (χ0) is 14.9. The predicted molar refractivity (Wildman–Crippen MR) is 80.7 cm³/mol. The summed E-state index contributed by atoms with van der Waals surface area (Å²) in [5, 5.41) is 4.44. The molecule has 0 N–H and O–H groups in total. The fraction of sp³-hybridized carbons (Fsp3) is 0.750. The first-order valence-electron chi connectivity index (χ1n) is 7.77. The Kier molecular flexibility index (Phi) is 4.51. The van der Waals surface area contributed by atoms with Gasteiger partial charge in [0.2, 0.25) is 5.91 Å². The van der Waals surface area contributed by atoms with Crippen molar-refractivity contribution in [3.8, 4) is 0 Å². The van der Waals surface area contributed by atoms with E-state index in [0.29, 0.717) is 6.04 Å². The maximum atomic E-state index is 12.9. The van der Waals surface area contributed by atoms with Gasteiger partial charge in [0.25, 0.3) is 0 Å². The van der Waals surface area contributed by atoms with Crippen molar-refractivity contribution >= 4 is 5.91 Å². The summed E-state index contributed by atoms with van der Waals surface area (Å²) in [6.45, 7) is 9.18. The van der Waals surface area contributed by atoms with Crippen molar-refractivity contribution in [3.05, 3.63) is 17.0 Å². The minimum Gasteiger partial charge on any atom is -0.339 e. The topological polar surface area (TPSA) is 38.1 Å². The molecule has 1 aliphatic rings. The molecule has 0 saturated carbocycles. The highest BCUT2D eigenvalue weighted by molar-refractivity contribution is 5.84. The SMILES string of the molecule is CC[C@H]1CCCCN1C(=O)[C@@H](C)c1c(C)nn(C)c1C. The van der Waals surface area contributed by atoms with Crippen LogP contribution in [0.1, 0.15) is 62.4 Å². The molecule has 2 heterocycles. The maximum absolute atomic E-state index is 12.9. The van der Waals surface area contributed by atoms with E-state index < -0.39 is 0 Å². The van der Waals surface area contributed by atoms with Crippen molar-refractivity contribution < 1.29 is 4.79 Å². The van der Waals surface area contributed by atoms with Gasteiger partial charge in [-0.1, -0.05) is 6.92 Å². The number of carbonyl (C=O) groups is 1. The third kappa shape index (κ3) is 2.60. The largest absolute Gasteiger partial charge is 0.339 e. The Hall–Kier alpha value is -1.32. The second kappa shape index (κ2) is 5.98. The molecule has 0 aliphatic carbocycles. The summed E-state index contributed by atoms with van der Waals surface area (Å²) in [5.74, 6) is 0.187. The number of rotatable bonds is 3. The van der Waals surface area contributed by atoms with Gasteiger partial charge in [-0.2, -0.15) is 5.10 Å². The standard InChI is InChI=1S/C16H27N3O/c1-6-14-9-7-8-10-19(14)16(20)11(2)15-12(3)17-18(5)13(15)4/h11,14H,6-10H2,1-5H3/t11-,14-/m0/s1. The maximum Gasteiger partial charge on any atom is 0.230 e. The van der Waals surface area contributed by atoms with Crippen molar-refractivity contribution in [3.63, 3.8) is 0 Å². The number of nitrogens with zero attached hydrogens (tertiary/aromatic N) is 3. The summed E-state index contributed by atoms with van der Waals surface area (Å²) in [5.41, 5.74) is 3.20. The minimum absolute atomic E-state index is 0.0872. The lowest BCUT2D eigenvalue weighted by Crippen LogP contribution is -2.45. The Morgan fingerprint density at radius 3 is 2.65 bits per heavy atom.